The number of likely N-dealkylation sites (N-methyl/N-ethyl adjacent to an activating group) is 1. The summed E-state index contributed by atoms with van der Waals surface area (Å²) in [5.41, 5.74) is 2.24. The van der Waals surface area contributed by atoms with Gasteiger partial charge in [-0.2, -0.15) is 0 Å². The van der Waals surface area contributed by atoms with E-state index in [9.17, 15) is 5.11 Å². The van der Waals surface area contributed by atoms with E-state index in [0.717, 1.165) is 24.3 Å². The van der Waals surface area contributed by atoms with Crippen LogP contribution in [0.3, 0.4) is 0 Å². The molecule has 0 spiro atoms. The van der Waals surface area contributed by atoms with Crippen molar-refractivity contribution in [2.24, 2.45) is 0 Å². The van der Waals surface area contributed by atoms with E-state index in [1.54, 1.807) is 0 Å². The van der Waals surface area contributed by atoms with Crippen molar-refractivity contribution in [1.82, 2.24) is 5.32 Å². The molecule has 2 unspecified atom stereocenters. The predicted molar refractivity (Wildman–Crippen MR) is 78.8 cm³/mol. The Hall–Kier alpha value is 0.0700. The highest BCUT2D eigenvalue weighted by atomic mass is 35.5. The molecular formula is C13H17Cl2NOS. The van der Waals surface area contributed by atoms with Crippen molar-refractivity contribution in [2.75, 3.05) is 12.3 Å². The molecule has 2 nitrogen and oxygen atoms in total. The quantitative estimate of drug-likeness (QED) is 0.820. The number of alkyl halides is 2. The number of thioether (sulfide) groups is 1. The summed E-state index contributed by atoms with van der Waals surface area (Å²) in [5, 5.41) is 13.5. The van der Waals surface area contributed by atoms with Crippen LogP contribution in [0.1, 0.15) is 24.2 Å². The van der Waals surface area contributed by atoms with Gasteiger partial charge in [0.25, 0.3) is 0 Å². The maximum absolute atomic E-state index is 10.4. The molecule has 1 aromatic carbocycles. The van der Waals surface area contributed by atoms with E-state index in [2.05, 4.69) is 17.4 Å². The topological polar surface area (TPSA) is 32.3 Å². The van der Waals surface area contributed by atoms with Gasteiger partial charge in [-0.25, -0.2) is 0 Å². The highest BCUT2D eigenvalue weighted by Crippen LogP contribution is 2.34. The van der Waals surface area contributed by atoms with Gasteiger partial charge in [0, 0.05) is 10.6 Å². The molecule has 1 aliphatic rings. The summed E-state index contributed by atoms with van der Waals surface area (Å²) in [6.07, 6.45) is 0.428. The van der Waals surface area contributed by atoms with Crippen molar-refractivity contribution in [1.29, 1.82) is 0 Å². The van der Waals surface area contributed by atoms with E-state index in [0.29, 0.717) is 0 Å². The summed E-state index contributed by atoms with van der Waals surface area (Å²) in [7, 11) is 0. The third kappa shape index (κ3) is 3.14. The minimum atomic E-state index is -0.684. The first-order valence-corrected chi connectivity index (χ1v) is 7.94. The number of benzene rings is 1. The van der Waals surface area contributed by atoms with Gasteiger partial charge in [-0.1, -0.05) is 19.1 Å². The maximum atomic E-state index is 10.4. The summed E-state index contributed by atoms with van der Waals surface area (Å²) in [6, 6.07) is 5.77. The number of halogens is 2. The zero-order valence-corrected chi connectivity index (χ0v) is 12.5. The van der Waals surface area contributed by atoms with Gasteiger partial charge in [0.2, 0.25) is 0 Å². The SMILES string of the molecule is CCNC(C(Cl)Cl)C(O)c1ccc2c(c1)SCC2. The van der Waals surface area contributed by atoms with Gasteiger partial charge in [-0.3, -0.25) is 0 Å². The average Bonchev–Trinajstić information content (AvgIpc) is 2.81. The Bertz CT molecular complexity index is 414. The molecule has 18 heavy (non-hydrogen) atoms. The van der Waals surface area contributed by atoms with Crippen LogP contribution in [0.5, 0.6) is 0 Å². The summed E-state index contributed by atoms with van der Waals surface area (Å²) in [6.45, 7) is 2.69. The first-order chi connectivity index (χ1) is 8.63. The minimum Gasteiger partial charge on any atom is -0.387 e. The smallest absolute Gasteiger partial charge is 0.125 e. The van der Waals surface area contributed by atoms with Crippen LogP contribution in [0, 0.1) is 0 Å². The molecule has 2 rings (SSSR count). The number of fused-ring (bicyclic) bond motifs is 1. The van der Waals surface area contributed by atoms with E-state index < -0.39 is 10.9 Å². The van der Waals surface area contributed by atoms with Crippen LogP contribution in [0.25, 0.3) is 0 Å². The van der Waals surface area contributed by atoms with Gasteiger partial charge < -0.3 is 10.4 Å². The fourth-order valence-corrected chi connectivity index (χ4v) is 3.72. The molecule has 0 amide bonds. The normalized spacial score (nSPS) is 17.8. The van der Waals surface area contributed by atoms with E-state index in [-0.39, 0.29) is 6.04 Å². The molecule has 0 radical (unpaired) electrons. The van der Waals surface area contributed by atoms with Crippen LogP contribution in [0.4, 0.5) is 0 Å². The van der Waals surface area contributed by atoms with Crippen molar-refractivity contribution in [2.45, 2.75) is 35.2 Å². The van der Waals surface area contributed by atoms with E-state index in [1.807, 2.05) is 24.8 Å². The first kappa shape index (κ1) is 14.5. The number of hydrogen-bond donors (Lipinski definition) is 2. The molecule has 2 N–H and O–H groups in total. The van der Waals surface area contributed by atoms with Gasteiger partial charge in [0.1, 0.15) is 4.84 Å². The second-order valence-electron chi connectivity index (χ2n) is 4.33. The van der Waals surface area contributed by atoms with Gasteiger partial charge in [0.15, 0.2) is 0 Å². The Morgan fingerprint density at radius 3 is 2.89 bits per heavy atom. The monoisotopic (exact) mass is 305 g/mol. The standard InChI is InChI=1S/C13H17Cl2NOS/c1-2-16-11(13(14)15)12(17)9-4-3-8-5-6-18-10(8)7-9/h3-4,7,11-13,16-17H,2,5-6H2,1H3. The van der Waals surface area contributed by atoms with Crippen LogP contribution in [0.15, 0.2) is 23.1 Å². The largest absolute Gasteiger partial charge is 0.387 e. The molecule has 0 saturated heterocycles. The van der Waals surface area contributed by atoms with Crippen LogP contribution in [-0.2, 0) is 6.42 Å². The lowest BCUT2D eigenvalue weighted by Crippen LogP contribution is -2.39. The Kier molecular flexibility index (Phi) is 5.22. The fourth-order valence-electron chi connectivity index (χ4n) is 2.15. The van der Waals surface area contributed by atoms with Crippen LogP contribution in [-0.4, -0.2) is 28.3 Å². The van der Waals surface area contributed by atoms with Crippen LogP contribution < -0.4 is 5.32 Å². The third-order valence-electron chi connectivity index (χ3n) is 3.11. The molecule has 0 bridgehead atoms. The summed E-state index contributed by atoms with van der Waals surface area (Å²) in [5.74, 6) is 1.12. The van der Waals surface area contributed by atoms with Crippen molar-refractivity contribution in [3.05, 3.63) is 29.3 Å². The maximum Gasteiger partial charge on any atom is 0.125 e. The number of nitrogens with one attached hydrogen (secondary N) is 1. The lowest BCUT2D eigenvalue weighted by molar-refractivity contribution is 0.134. The van der Waals surface area contributed by atoms with Crippen LogP contribution in [0.2, 0.25) is 0 Å². The third-order valence-corrected chi connectivity index (χ3v) is 4.76. The lowest BCUT2D eigenvalue weighted by atomic mass is 10.0. The Morgan fingerprint density at radius 2 is 2.22 bits per heavy atom. The molecule has 0 saturated carbocycles. The van der Waals surface area contributed by atoms with E-state index in [4.69, 9.17) is 23.2 Å². The summed E-state index contributed by atoms with van der Waals surface area (Å²) >= 11 is 13.7. The zero-order valence-electron chi connectivity index (χ0n) is 10.2. The van der Waals surface area contributed by atoms with Gasteiger partial charge in [-0.05, 0) is 30.2 Å². The zero-order chi connectivity index (χ0) is 13.1. The average molecular weight is 306 g/mol. The molecule has 5 heteroatoms. The number of aliphatic hydroxyl groups is 1. The molecule has 100 valence electrons. The Balaban J connectivity index is 2.19. The molecule has 1 heterocycles. The van der Waals surface area contributed by atoms with E-state index in [1.165, 1.54) is 10.5 Å². The predicted octanol–water partition coefficient (Wildman–Crippen LogP) is 3.15. The van der Waals surface area contributed by atoms with Crippen LogP contribution >= 0.6 is 35.0 Å². The van der Waals surface area contributed by atoms with Crippen molar-refractivity contribution >= 4 is 35.0 Å². The second-order valence-corrected chi connectivity index (χ2v) is 6.63. The second kappa shape index (κ2) is 6.49. The fraction of sp³-hybridized carbons (Fsp3) is 0.538. The molecule has 0 fully saturated rings. The molecule has 0 aliphatic carbocycles. The first-order valence-electron chi connectivity index (χ1n) is 6.08. The Labute approximate surface area is 122 Å². The number of aliphatic hydroxyl groups excluding tert-OH is 1. The highest BCUT2D eigenvalue weighted by Gasteiger charge is 2.27. The van der Waals surface area contributed by atoms with E-state index >= 15 is 0 Å². The Morgan fingerprint density at radius 1 is 1.44 bits per heavy atom. The number of aryl methyl sites for hydroxylation is 1. The highest BCUT2D eigenvalue weighted by molar-refractivity contribution is 7.99. The molecule has 2 atom stereocenters. The van der Waals surface area contributed by atoms with Crippen molar-refractivity contribution < 1.29 is 5.11 Å². The molecular weight excluding hydrogens is 289 g/mol. The van der Waals surface area contributed by atoms with Gasteiger partial charge in [-0.15, -0.1) is 35.0 Å². The van der Waals surface area contributed by atoms with Crippen molar-refractivity contribution in [3.63, 3.8) is 0 Å². The summed E-state index contributed by atoms with van der Waals surface area (Å²) < 4.78 is 0. The van der Waals surface area contributed by atoms with Gasteiger partial charge in [0.05, 0.1) is 12.1 Å². The minimum absolute atomic E-state index is 0.345. The molecule has 1 aliphatic heterocycles. The van der Waals surface area contributed by atoms with Crippen molar-refractivity contribution in [3.8, 4) is 0 Å². The van der Waals surface area contributed by atoms with Gasteiger partial charge >= 0.3 is 0 Å². The number of hydrogen-bond acceptors (Lipinski definition) is 3. The number of rotatable bonds is 5. The molecule has 1 aromatic rings. The lowest BCUT2D eigenvalue weighted by Gasteiger charge is -2.25. The summed E-state index contributed by atoms with van der Waals surface area (Å²) in [4.78, 5) is 0.628. The molecule has 0 aromatic heterocycles.